The zero-order chi connectivity index (χ0) is 21.4. The summed E-state index contributed by atoms with van der Waals surface area (Å²) in [4.78, 5) is 12.5. The predicted octanol–water partition coefficient (Wildman–Crippen LogP) is 2.81. The number of aliphatic hydroxyl groups is 1. The number of carbonyl (C=O) groups excluding carboxylic acids is 1. The molecule has 0 aromatic rings. The Morgan fingerprint density at radius 1 is 1.38 bits per heavy atom. The molecule has 0 aromatic heterocycles. The van der Waals surface area contributed by atoms with Crippen molar-refractivity contribution in [2.45, 2.75) is 89.4 Å². The van der Waals surface area contributed by atoms with Gasteiger partial charge in [0.15, 0.2) is 0 Å². The molecule has 7 atom stereocenters. The van der Waals surface area contributed by atoms with Crippen LogP contribution < -0.4 is 5.32 Å². The molecule has 3 fully saturated rings. The van der Waals surface area contributed by atoms with E-state index in [4.69, 9.17) is 18.9 Å². The van der Waals surface area contributed by atoms with Crippen LogP contribution in [0.3, 0.4) is 0 Å². The second-order valence-electron chi connectivity index (χ2n) is 9.50. The van der Waals surface area contributed by atoms with Gasteiger partial charge in [0.05, 0.1) is 31.3 Å². The summed E-state index contributed by atoms with van der Waals surface area (Å²) in [7, 11) is 1.66. The maximum Gasteiger partial charge on any atom is 0.407 e. The summed E-state index contributed by atoms with van der Waals surface area (Å²) in [6, 6.07) is -0.335. The zero-order valence-corrected chi connectivity index (χ0v) is 18.6. The molecule has 2 saturated heterocycles. The van der Waals surface area contributed by atoms with Gasteiger partial charge in [0.25, 0.3) is 0 Å². The van der Waals surface area contributed by atoms with E-state index < -0.39 is 6.09 Å². The number of hydrogen-bond donors (Lipinski definition) is 2. The summed E-state index contributed by atoms with van der Waals surface area (Å²) < 4.78 is 23.8. The third-order valence-electron chi connectivity index (χ3n) is 6.80. The average Bonchev–Trinajstić information content (AvgIpc) is 3.57. The topological polar surface area (TPSA) is 92.9 Å². The van der Waals surface area contributed by atoms with E-state index in [0.717, 1.165) is 12.8 Å². The number of rotatable bonds is 8. The number of carbonyl (C=O) groups is 1. The van der Waals surface area contributed by atoms with Crippen molar-refractivity contribution in [1.82, 2.24) is 5.32 Å². The second-order valence-corrected chi connectivity index (χ2v) is 9.50. The van der Waals surface area contributed by atoms with Crippen LogP contribution in [0, 0.1) is 11.8 Å². The molecule has 0 bridgehead atoms. The Balaban J connectivity index is 1.70. The molecular formula is C22H37NO6. The summed E-state index contributed by atoms with van der Waals surface area (Å²) in [6.45, 7) is 10.8. The van der Waals surface area contributed by atoms with Crippen LogP contribution in [0.25, 0.3) is 0 Å². The molecule has 3 rings (SSSR count). The Kier molecular flexibility index (Phi) is 6.63. The van der Waals surface area contributed by atoms with Gasteiger partial charge in [-0.05, 0) is 46.0 Å². The molecule has 29 heavy (non-hydrogen) atoms. The van der Waals surface area contributed by atoms with E-state index in [-0.39, 0.29) is 54.0 Å². The molecule has 3 aliphatic rings. The maximum atomic E-state index is 12.5. The van der Waals surface area contributed by atoms with Crippen LogP contribution in [-0.2, 0) is 18.9 Å². The van der Waals surface area contributed by atoms with E-state index in [1.807, 2.05) is 13.8 Å². The number of methoxy groups -OCH3 is 1. The number of hydrogen-bond acceptors (Lipinski definition) is 6. The van der Waals surface area contributed by atoms with Crippen LogP contribution in [0.2, 0.25) is 0 Å². The molecule has 166 valence electrons. The van der Waals surface area contributed by atoms with Gasteiger partial charge in [0, 0.05) is 7.11 Å². The highest BCUT2D eigenvalue weighted by Crippen LogP contribution is 2.59. The monoisotopic (exact) mass is 411 g/mol. The lowest BCUT2D eigenvalue weighted by Crippen LogP contribution is -2.56. The molecule has 3 unspecified atom stereocenters. The first kappa shape index (κ1) is 22.5. The van der Waals surface area contributed by atoms with E-state index >= 15 is 0 Å². The van der Waals surface area contributed by atoms with Crippen LogP contribution in [0.4, 0.5) is 4.79 Å². The van der Waals surface area contributed by atoms with Gasteiger partial charge in [-0.2, -0.15) is 0 Å². The minimum absolute atomic E-state index is 0.000787. The molecule has 7 nitrogen and oxygen atoms in total. The lowest BCUT2D eigenvalue weighted by Gasteiger charge is -2.42. The van der Waals surface area contributed by atoms with E-state index in [1.54, 1.807) is 7.11 Å². The molecule has 1 saturated carbocycles. The molecule has 1 spiro atoms. The van der Waals surface area contributed by atoms with Gasteiger partial charge in [-0.15, -0.1) is 0 Å². The van der Waals surface area contributed by atoms with Crippen molar-refractivity contribution >= 4 is 6.09 Å². The minimum atomic E-state index is -0.515. The van der Waals surface area contributed by atoms with Gasteiger partial charge in [-0.1, -0.05) is 25.5 Å². The molecule has 2 aliphatic heterocycles. The normalized spacial score (nSPS) is 39.2. The Hall–Kier alpha value is -1.15. The quantitative estimate of drug-likeness (QED) is 0.471. The first-order valence-electron chi connectivity index (χ1n) is 10.7. The molecule has 2 N–H and O–H groups in total. The smallest absolute Gasteiger partial charge is 0.407 e. The number of allylic oxidation sites excluding steroid dienone is 1. The third kappa shape index (κ3) is 4.63. The van der Waals surface area contributed by atoms with Crippen molar-refractivity contribution in [3.63, 3.8) is 0 Å². The van der Waals surface area contributed by atoms with E-state index in [9.17, 15) is 9.90 Å². The number of ether oxygens (including phenoxy) is 4. The fourth-order valence-corrected chi connectivity index (χ4v) is 4.82. The van der Waals surface area contributed by atoms with Gasteiger partial charge in [-0.3, -0.25) is 0 Å². The largest absolute Gasteiger partial charge is 0.443 e. The van der Waals surface area contributed by atoms with E-state index in [0.29, 0.717) is 13.0 Å². The molecule has 2 heterocycles. The number of nitrogens with one attached hydrogen (secondary N) is 1. The Morgan fingerprint density at radius 2 is 2.07 bits per heavy atom. The van der Waals surface area contributed by atoms with Gasteiger partial charge < -0.3 is 29.4 Å². The minimum Gasteiger partial charge on any atom is -0.443 e. The second kappa shape index (κ2) is 8.53. The first-order chi connectivity index (χ1) is 13.7. The molecular weight excluding hydrogens is 374 g/mol. The summed E-state index contributed by atoms with van der Waals surface area (Å²) in [5.41, 5.74) is 0.679. The number of aliphatic hydroxyl groups excluding tert-OH is 1. The van der Waals surface area contributed by atoms with Crippen molar-refractivity contribution in [3.05, 3.63) is 11.6 Å². The van der Waals surface area contributed by atoms with Gasteiger partial charge >= 0.3 is 6.09 Å². The Labute approximate surface area is 174 Å². The summed E-state index contributed by atoms with van der Waals surface area (Å²) in [6.07, 6.45) is 3.48. The highest BCUT2D eigenvalue weighted by molar-refractivity contribution is 5.68. The van der Waals surface area contributed by atoms with Gasteiger partial charge in [0.2, 0.25) is 0 Å². The van der Waals surface area contributed by atoms with Crippen molar-refractivity contribution in [1.29, 1.82) is 0 Å². The van der Waals surface area contributed by atoms with Crippen LogP contribution >= 0.6 is 0 Å². The molecule has 7 heteroatoms. The van der Waals surface area contributed by atoms with Crippen molar-refractivity contribution in [2.24, 2.45) is 11.8 Å². The van der Waals surface area contributed by atoms with Crippen LogP contribution in [0.5, 0.6) is 0 Å². The summed E-state index contributed by atoms with van der Waals surface area (Å²) >= 11 is 0. The molecule has 0 radical (unpaired) electrons. The third-order valence-corrected chi connectivity index (χ3v) is 6.80. The van der Waals surface area contributed by atoms with Crippen molar-refractivity contribution < 1.29 is 28.8 Å². The predicted molar refractivity (Wildman–Crippen MR) is 109 cm³/mol. The maximum absolute atomic E-state index is 12.5. The lowest BCUT2D eigenvalue weighted by molar-refractivity contribution is -0.118. The van der Waals surface area contributed by atoms with E-state index in [2.05, 4.69) is 32.2 Å². The van der Waals surface area contributed by atoms with Crippen molar-refractivity contribution in [3.8, 4) is 0 Å². The highest BCUT2D eigenvalue weighted by Gasteiger charge is 2.72. The molecule has 0 aromatic carbocycles. The SMILES string of the molecule is COC1C(OC(=O)N[C@@H](CO)C(C)C)CC[C@]2(CO2)C1[C@@]1(C)O[C@@H]1CC=C(C)C. The van der Waals surface area contributed by atoms with Crippen LogP contribution in [0.1, 0.15) is 53.9 Å². The van der Waals surface area contributed by atoms with Gasteiger partial charge in [-0.25, -0.2) is 4.79 Å². The Morgan fingerprint density at radius 3 is 2.59 bits per heavy atom. The number of epoxide rings is 2. The Bertz CT molecular complexity index is 627. The standard InChI is InChI=1S/C22H37NO6/c1-13(2)7-8-17-21(5,29-17)19-18(26-6)16(9-10-22(19)12-27-22)28-20(25)23-15(11-24)14(3)4/h7,14-19,24H,8-12H2,1-6H3,(H,23,25)/t15-,16?,17+,18?,19?,21-,22-/m0/s1. The fourth-order valence-electron chi connectivity index (χ4n) is 4.82. The van der Waals surface area contributed by atoms with Gasteiger partial charge in [0.1, 0.15) is 23.4 Å². The number of amides is 1. The summed E-state index contributed by atoms with van der Waals surface area (Å²) in [5.74, 6) is 0.114. The fraction of sp³-hybridized carbons (Fsp3) is 0.864. The first-order valence-corrected chi connectivity index (χ1v) is 10.7. The van der Waals surface area contributed by atoms with Crippen LogP contribution in [-0.4, -0.2) is 67.1 Å². The van der Waals surface area contributed by atoms with E-state index in [1.165, 1.54) is 5.57 Å². The summed E-state index contributed by atoms with van der Waals surface area (Å²) in [5, 5.41) is 12.2. The van der Waals surface area contributed by atoms with Crippen molar-refractivity contribution in [2.75, 3.05) is 20.3 Å². The average molecular weight is 412 g/mol. The lowest BCUT2D eigenvalue weighted by atomic mass is 9.68. The molecule has 1 amide bonds. The highest BCUT2D eigenvalue weighted by atomic mass is 16.6. The number of alkyl carbamates (subject to hydrolysis) is 1. The van der Waals surface area contributed by atoms with Crippen LogP contribution in [0.15, 0.2) is 11.6 Å². The molecule has 1 aliphatic carbocycles. The zero-order valence-electron chi connectivity index (χ0n) is 18.6.